The number of rotatable bonds is 7. The Bertz CT molecular complexity index is 511. The zero-order valence-electron chi connectivity index (χ0n) is 11.9. The van der Waals surface area contributed by atoms with E-state index in [0.29, 0.717) is 5.92 Å². The number of benzene rings is 1. The monoisotopic (exact) mass is 291 g/mol. The highest BCUT2D eigenvalue weighted by molar-refractivity contribution is 7.99. The molecule has 5 nitrogen and oxygen atoms in total. The van der Waals surface area contributed by atoms with Crippen LogP contribution in [0.1, 0.15) is 25.6 Å². The first kappa shape index (κ1) is 15.0. The van der Waals surface area contributed by atoms with Gasteiger partial charge in [-0.1, -0.05) is 37.3 Å². The summed E-state index contributed by atoms with van der Waals surface area (Å²) in [5, 5.41) is 8.18. The van der Waals surface area contributed by atoms with Crippen molar-refractivity contribution >= 4 is 11.8 Å². The van der Waals surface area contributed by atoms with Crippen LogP contribution in [0.15, 0.2) is 36.5 Å². The molecule has 0 amide bonds. The number of thioether (sulfide) groups is 1. The minimum Gasteiger partial charge on any atom is -0.271 e. The molecule has 2 rings (SSSR count). The summed E-state index contributed by atoms with van der Waals surface area (Å²) in [5.74, 6) is 8.39. The van der Waals surface area contributed by atoms with E-state index in [-0.39, 0.29) is 6.04 Å². The fourth-order valence-corrected chi connectivity index (χ4v) is 3.00. The molecule has 0 radical (unpaired) electrons. The molecule has 0 aliphatic carbocycles. The predicted octanol–water partition coefficient (Wildman–Crippen LogP) is 2.16. The van der Waals surface area contributed by atoms with Crippen molar-refractivity contribution in [1.29, 1.82) is 0 Å². The lowest BCUT2D eigenvalue weighted by molar-refractivity contribution is 0.572. The quantitative estimate of drug-likeness (QED) is 0.604. The number of nitrogens with zero attached hydrogens (tertiary/aromatic N) is 3. The van der Waals surface area contributed by atoms with E-state index in [0.717, 1.165) is 22.9 Å². The van der Waals surface area contributed by atoms with Crippen LogP contribution >= 0.6 is 11.8 Å². The van der Waals surface area contributed by atoms with Crippen LogP contribution in [0, 0.1) is 5.92 Å². The van der Waals surface area contributed by atoms with Gasteiger partial charge in [-0.15, -0.1) is 5.10 Å². The van der Waals surface area contributed by atoms with Crippen molar-refractivity contribution in [2.24, 2.45) is 11.8 Å². The van der Waals surface area contributed by atoms with Gasteiger partial charge in [0.1, 0.15) is 0 Å². The fraction of sp³-hybridized carbons (Fsp3) is 0.429. The number of hydrogen-bond acceptors (Lipinski definition) is 5. The number of nitrogens with one attached hydrogen (secondary N) is 1. The Balaban J connectivity index is 2.13. The van der Waals surface area contributed by atoms with Crippen LogP contribution < -0.4 is 11.3 Å². The highest BCUT2D eigenvalue weighted by atomic mass is 32.2. The van der Waals surface area contributed by atoms with Gasteiger partial charge in [0.25, 0.3) is 0 Å². The van der Waals surface area contributed by atoms with E-state index in [4.69, 9.17) is 5.84 Å². The first-order chi connectivity index (χ1) is 9.72. The Labute approximate surface area is 123 Å². The van der Waals surface area contributed by atoms with Gasteiger partial charge in [0.15, 0.2) is 0 Å². The molecular formula is C14H21N5S. The highest BCUT2D eigenvalue weighted by Gasteiger charge is 2.17. The van der Waals surface area contributed by atoms with Gasteiger partial charge >= 0.3 is 0 Å². The highest BCUT2D eigenvalue weighted by Crippen LogP contribution is 2.20. The van der Waals surface area contributed by atoms with Crippen LogP contribution in [0.2, 0.25) is 0 Å². The molecule has 0 bridgehead atoms. The molecule has 0 saturated carbocycles. The number of aromatic nitrogens is 3. The molecule has 6 heteroatoms. The second-order valence-electron chi connectivity index (χ2n) is 5.06. The van der Waals surface area contributed by atoms with Crippen LogP contribution in [0.25, 0.3) is 5.69 Å². The normalized spacial score (nSPS) is 12.8. The Kier molecular flexibility index (Phi) is 5.58. The van der Waals surface area contributed by atoms with Crippen molar-refractivity contribution in [2.45, 2.75) is 19.9 Å². The van der Waals surface area contributed by atoms with Crippen LogP contribution in [-0.2, 0) is 0 Å². The van der Waals surface area contributed by atoms with E-state index in [2.05, 4.69) is 29.6 Å². The second-order valence-corrected chi connectivity index (χ2v) is 6.13. The topological polar surface area (TPSA) is 68.8 Å². The van der Waals surface area contributed by atoms with Gasteiger partial charge in [-0.2, -0.15) is 11.8 Å². The lowest BCUT2D eigenvalue weighted by Crippen LogP contribution is -2.31. The molecule has 1 aromatic carbocycles. The molecular weight excluding hydrogens is 270 g/mol. The van der Waals surface area contributed by atoms with Crippen molar-refractivity contribution in [3.63, 3.8) is 0 Å². The van der Waals surface area contributed by atoms with E-state index in [1.54, 1.807) is 6.20 Å². The Hall–Kier alpha value is -1.37. The summed E-state index contributed by atoms with van der Waals surface area (Å²) in [4.78, 5) is 0. The zero-order chi connectivity index (χ0) is 14.4. The molecule has 0 aliphatic heterocycles. The molecule has 108 valence electrons. The molecule has 1 atom stereocenters. The number of para-hydroxylation sites is 1. The van der Waals surface area contributed by atoms with Gasteiger partial charge in [0, 0.05) is 5.75 Å². The third-order valence-corrected chi connectivity index (χ3v) is 4.34. The summed E-state index contributed by atoms with van der Waals surface area (Å²) in [6.07, 6.45) is 1.77. The van der Waals surface area contributed by atoms with Crippen molar-refractivity contribution in [2.75, 3.05) is 11.5 Å². The molecule has 1 heterocycles. The third-order valence-electron chi connectivity index (χ3n) is 2.87. The summed E-state index contributed by atoms with van der Waals surface area (Å²) < 4.78 is 1.83. The minimum atomic E-state index is 0.0361. The third kappa shape index (κ3) is 3.82. The first-order valence-electron chi connectivity index (χ1n) is 6.72. The van der Waals surface area contributed by atoms with Gasteiger partial charge in [-0.25, -0.2) is 4.68 Å². The lowest BCUT2D eigenvalue weighted by Gasteiger charge is -2.17. The molecule has 0 spiro atoms. The fourth-order valence-electron chi connectivity index (χ4n) is 1.89. The van der Waals surface area contributed by atoms with E-state index >= 15 is 0 Å². The van der Waals surface area contributed by atoms with E-state index in [9.17, 15) is 0 Å². The van der Waals surface area contributed by atoms with Gasteiger partial charge in [-0.3, -0.25) is 11.3 Å². The van der Waals surface area contributed by atoms with Crippen molar-refractivity contribution in [3.8, 4) is 5.69 Å². The van der Waals surface area contributed by atoms with Crippen LogP contribution in [-0.4, -0.2) is 26.5 Å². The van der Waals surface area contributed by atoms with Crippen molar-refractivity contribution in [3.05, 3.63) is 42.2 Å². The smallest absolute Gasteiger partial charge is 0.0837 e. The molecule has 0 aliphatic rings. The second kappa shape index (κ2) is 7.42. The van der Waals surface area contributed by atoms with E-state index in [1.807, 2.05) is 46.8 Å². The van der Waals surface area contributed by atoms with Crippen LogP contribution in [0.5, 0.6) is 0 Å². The summed E-state index contributed by atoms with van der Waals surface area (Å²) in [5.41, 5.74) is 4.84. The summed E-state index contributed by atoms with van der Waals surface area (Å²) in [6, 6.07) is 10.0. The van der Waals surface area contributed by atoms with Gasteiger partial charge < -0.3 is 0 Å². The largest absolute Gasteiger partial charge is 0.271 e. The molecule has 3 N–H and O–H groups in total. The maximum atomic E-state index is 5.70. The molecule has 2 aromatic rings. The predicted molar refractivity (Wildman–Crippen MR) is 83.6 cm³/mol. The van der Waals surface area contributed by atoms with Crippen LogP contribution in [0.4, 0.5) is 0 Å². The minimum absolute atomic E-state index is 0.0361. The molecule has 0 fully saturated rings. The molecule has 1 unspecified atom stereocenters. The molecule has 0 saturated heterocycles. The average molecular weight is 291 g/mol. The maximum Gasteiger partial charge on any atom is 0.0837 e. The maximum absolute atomic E-state index is 5.70. The average Bonchev–Trinajstić information content (AvgIpc) is 2.93. The SMILES string of the molecule is CC(C)CSCC(NN)c1cnnn1-c1ccccc1. The number of nitrogens with two attached hydrogens (primary N) is 1. The van der Waals surface area contributed by atoms with Crippen LogP contribution in [0.3, 0.4) is 0 Å². The standard InChI is InChI=1S/C14H21N5S/c1-11(2)9-20-10-13(17-15)14-8-16-18-19(14)12-6-4-3-5-7-12/h3-8,11,13,17H,9-10,15H2,1-2H3. The zero-order valence-corrected chi connectivity index (χ0v) is 12.7. The van der Waals surface area contributed by atoms with Gasteiger partial charge in [0.05, 0.1) is 23.6 Å². The summed E-state index contributed by atoms with van der Waals surface area (Å²) in [6.45, 7) is 4.43. The summed E-state index contributed by atoms with van der Waals surface area (Å²) >= 11 is 1.88. The van der Waals surface area contributed by atoms with Gasteiger partial charge in [-0.05, 0) is 23.8 Å². The first-order valence-corrected chi connectivity index (χ1v) is 7.87. The van der Waals surface area contributed by atoms with E-state index < -0.39 is 0 Å². The Morgan fingerprint density at radius 2 is 2.00 bits per heavy atom. The number of hydrogen-bond donors (Lipinski definition) is 2. The lowest BCUT2D eigenvalue weighted by atomic mass is 10.2. The Morgan fingerprint density at radius 3 is 2.65 bits per heavy atom. The van der Waals surface area contributed by atoms with E-state index in [1.165, 1.54) is 0 Å². The van der Waals surface area contributed by atoms with Crippen molar-refractivity contribution in [1.82, 2.24) is 20.4 Å². The summed E-state index contributed by atoms with van der Waals surface area (Å²) in [7, 11) is 0. The Morgan fingerprint density at radius 1 is 1.25 bits per heavy atom. The van der Waals surface area contributed by atoms with Crippen molar-refractivity contribution < 1.29 is 0 Å². The van der Waals surface area contributed by atoms with Gasteiger partial charge in [0.2, 0.25) is 0 Å². The number of hydrazine groups is 1. The molecule has 1 aromatic heterocycles. The molecule has 20 heavy (non-hydrogen) atoms.